The summed E-state index contributed by atoms with van der Waals surface area (Å²) in [6.45, 7) is 4.88. The van der Waals surface area contributed by atoms with E-state index in [1.54, 1.807) is 0 Å². The van der Waals surface area contributed by atoms with E-state index in [9.17, 15) is 0 Å². The van der Waals surface area contributed by atoms with E-state index in [0.717, 1.165) is 11.6 Å². The molecule has 0 spiro atoms. The molecule has 1 fully saturated rings. The molecule has 0 atom stereocenters. The van der Waals surface area contributed by atoms with Gasteiger partial charge in [-0.25, -0.2) is 0 Å². The predicted octanol–water partition coefficient (Wildman–Crippen LogP) is 1.18. The van der Waals surface area contributed by atoms with Gasteiger partial charge >= 0.3 is 0 Å². The molecule has 0 bridgehead atoms. The maximum Gasteiger partial charge on any atom is 0.0608 e. The molecule has 2 heteroatoms. The van der Waals surface area contributed by atoms with Crippen LogP contribution in [0.1, 0.15) is 6.42 Å². The molecule has 1 nitrogen and oxygen atoms in total. The number of hydrogen-bond donors (Lipinski definition) is 1. The molecule has 1 heterocycles. The second kappa shape index (κ2) is 2.26. The number of rotatable bonds is 0. The summed E-state index contributed by atoms with van der Waals surface area (Å²) >= 11 is 1.81. The van der Waals surface area contributed by atoms with Gasteiger partial charge in [0.25, 0.3) is 0 Å². The monoisotopic (exact) mass is 115 g/mol. The van der Waals surface area contributed by atoms with Gasteiger partial charge in [0, 0.05) is 12.3 Å². The van der Waals surface area contributed by atoms with Crippen molar-refractivity contribution in [2.45, 2.75) is 6.42 Å². The summed E-state index contributed by atoms with van der Waals surface area (Å²) in [4.78, 5) is 0. The van der Waals surface area contributed by atoms with Crippen LogP contribution in [0, 0.1) is 0 Å². The Labute approximate surface area is 48.2 Å². The summed E-state index contributed by atoms with van der Waals surface area (Å²) < 4.78 is 0. The van der Waals surface area contributed by atoms with Gasteiger partial charge in [0.2, 0.25) is 0 Å². The summed E-state index contributed by atoms with van der Waals surface area (Å²) in [5.74, 6) is 1.24. The zero-order valence-electron chi connectivity index (χ0n) is 4.24. The van der Waals surface area contributed by atoms with Crippen molar-refractivity contribution < 1.29 is 0 Å². The molecule has 1 aliphatic rings. The Bertz CT molecular complexity index is 72.1. The van der Waals surface area contributed by atoms with Gasteiger partial charge < -0.3 is 5.32 Å². The third kappa shape index (κ3) is 1.43. The summed E-state index contributed by atoms with van der Waals surface area (Å²) in [6, 6.07) is 0. The lowest BCUT2D eigenvalue weighted by atomic mass is 10.5. The van der Waals surface area contributed by atoms with Crippen LogP contribution < -0.4 is 5.32 Å². The molecule has 40 valence electrons. The normalized spacial score (nSPS) is 21.4. The van der Waals surface area contributed by atoms with Crippen LogP contribution in [0.3, 0.4) is 0 Å². The highest BCUT2D eigenvalue weighted by Crippen LogP contribution is 2.14. The van der Waals surface area contributed by atoms with Crippen molar-refractivity contribution in [3.8, 4) is 0 Å². The van der Waals surface area contributed by atoms with Gasteiger partial charge in [0.15, 0.2) is 0 Å². The molecular formula is C5H9NS. The molecule has 0 aromatic carbocycles. The average Bonchev–Trinajstić information content (AvgIpc) is 1.69. The second-order valence-electron chi connectivity index (χ2n) is 1.55. The lowest BCUT2D eigenvalue weighted by molar-refractivity contribution is 0.791. The smallest absolute Gasteiger partial charge is 0.0608 e. The maximum absolute atomic E-state index is 3.77. The fraction of sp³-hybridized carbons (Fsp3) is 0.600. The summed E-state index contributed by atoms with van der Waals surface area (Å²) in [7, 11) is 0. The maximum atomic E-state index is 3.77. The van der Waals surface area contributed by atoms with Gasteiger partial charge in [-0.15, -0.1) is 11.8 Å². The van der Waals surface area contributed by atoms with E-state index in [1.807, 2.05) is 11.8 Å². The van der Waals surface area contributed by atoms with Crippen molar-refractivity contribution in [3.63, 3.8) is 0 Å². The fourth-order valence-electron chi connectivity index (χ4n) is 0.546. The highest BCUT2D eigenvalue weighted by molar-refractivity contribution is 8.03. The van der Waals surface area contributed by atoms with Gasteiger partial charge in [-0.1, -0.05) is 6.58 Å². The molecule has 0 aromatic rings. The standard InChI is InChI=1S/C5H9NS/c1-5-6-3-2-4-7-5/h6H,1-4H2. The first kappa shape index (κ1) is 5.04. The Morgan fingerprint density at radius 1 is 1.71 bits per heavy atom. The Hall–Kier alpha value is -0.110. The first-order valence-electron chi connectivity index (χ1n) is 2.45. The number of hydrogen-bond acceptors (Lipinski definition) is 2. The zero-order valence-corrected chi connectivity index (χ0v) is 5.05. The van der Waals surface area contributed by atoms with Crippen molar-refractivity contribution in [1.82, 2.24) is 5.32 Å². The third-order valence-electron chi connectivity index (χ3n) is 0.920. The largest absolute Gasteiger partial charge is 0.380 e. The van der Waals surface area contributed by atoms with Crippen molar-refractivity contribution in [1.29, 1.82) is 0 Å². The third-order valence-corrected chi connectivity index (χ3v) is 1.91. The molecule has 1 aliphatic heterocycles. The molecule has 0 amide bonds. The van der Waals surface area contributed by atoms with Crippen LogP contribution in [0.4, 0.5) is 0 Å². The van der Waals surface area contributed by atoms with E-state index < -0.39 is 0 Å². The van der Waals surface area contributed by atoms with Crippen LogP contribution in [-0.4, -0.2) is 12.3 Å². The highest BCUT2D eigenvalue weighted by Gasteiger charge is 1.99. The Morgan fingerprint density at radius 2 is 2.57 bits per heavy atom. The van der Waals surface area contributed by atoms with Crippen LogP contribution in [0.2, 0.25) is 0 Å². The molecule has 1 saturated heterocycles. The molecule has 0 saturated carbocycles. The minimum absolute atomic E-state index is 1.12. The van der Waals surface area contributed by atoms with Crippen LogP contribution >= 0.6 is 11.8 Å². The number of thioether (sulfide) groups is 1. The molecule has 0 radical (unpaired) electrons. The second-order valence-corrected chi connectivity index (χ2v) is 2.74. The summed E-state index contributed by atoms with van der Waals surface area (Å²) in [6.07, 6.45) is 1.28. The van der Waals surface area contributed by atoms with Crippen molar-refractivity contribution in [2.24, 2.45) is 0 Å². The van der Waals surface area contributed by atoms with Gasteiger partial charge in [-0.3, -0.25) is 0 Å². The van der Waals surface area contributed by atoms with E-state index in [0.29, 0.717) is 0 Å². The van der Waals surface area contributed by atoms with Gasteiger partial charge in [0.05, 0.1) is 5.03 Å². The van der Waals surface area contributed by atoms with Crippen molar-refractivity contribution in [3.05, 3.63) is 11.6 Å². The van der Waals surface area contributed by atoms with E-state index in [2.05, 4.69) is 11.9 Å². The minimum Gasteiger partial charge on any atom is -0.380 e. The fourth-order valence-corrected chi connectivity index (χ4v) is 1.29. The van der Waals surface area contributed by atoms with Gasteiger partial charge in [0.1, 0.15) is 0 Å². The molecule has 0 aliphatic carbocycles. The highest BCUT2D eigenvalue weighted by atomic mass is 32.2. The Balaban J connectivity index is 2.25. The lowest BCUT2D eigenvalue weighted by Crippen LogP contribution is -2.17. The van der Waals surface area contributed by atoms with Crippen LogP contribution in [0.25, 0.3) is 0 Å². The summed E-state index contributed by atoms with van der Waals surface area (Å²) in [5, 5.41) is 4.28. The summed E-state index contributed by atoms with van der Waals surface area (Å²) in [5.41, 5.74) is 0. The quantitative estimate of drug-likeness (QED) is 0.509. The van der Waals surface area contributed by atoms with E-state index in [4.69, 9.17) is 0 Å². The molecule has 1 rings (SSSR count). The van der Waals surface area contributed by atoms with E-state index in [1.165, 1.54) is 12.2 Å². The van der Waals surface area contributed by atoms with Crippen LogP contribution in [-0.2, 0) is 0 Å². The number of nitrogens with one attached hydrogen (secondary N) is 1. The minimum atomic E-state index is 1.12. The lowest BCUT2D eigenvalue weighted by Gasteiger charge is -2.13. The Kier molecular flexibility index (Phi) is 1.63. The van der Waals surface area contributed by atoms with Crippen LogP contribution in [0.5, 0.6) is 0 Å². The molecule has 1 N–H and O–H groups in total. The van der Waals surface area contributed by atoms with Crippen molar-refractivity contribution in [2.75, 3.05) is 12.3 Å². The van der Waals surface area contributed by atoms with Gasteiger partial charge in [-0.2, -0.15) is 0 Å². The Morgan fingerprint density at radius 3 is 2.86 bits per heavy atom. The molecule has 0 aromatic heterocycles. The topological polar surface area (TPSA) is 12.0 Å². The van der Waals surface area contributed by atoms with E-state index >= 15 is 0 Å². The molecule has 0 unspecified atom stereocenters. The van der Waals surface area contributed by atoms with Crippen LogP contribution in [0.15, 0.2) is 11.6 Å². The van der Waals surface area contributed by atoms with E-state index in [-0.39, 0.29) is 0 Å². The first-order chi connectivity index (χ1) is 3.39. The van der Waals surface area contributed by atoms with Gasteiger partial charge in [-0.05, 0) is 6.42 Å². The first-order valence-corrected chi connectivity index (χ1v) is 3.44. The SMILES string of the molecule is C=C1NCCCS1. The zero-order chi connectivity index (χ0) is 5.11. The average molecular weight is 115 g/mol. The van der Waals surface area contributed by atoms with Crippen molar-refractivity contribution >= 4 is 11.8 Å². The molecule has 7 heavy (non-hydrogen) atoms. The molecular weight excluding hydrogens is 106 g/mol. The predicted molar refractivity (Wildman–Crippen MR) is 34.2 cm³/mol.